The number of carbonyl (C=O) groups is 2. The molecule has 0 aliphatic carbocycles. The third kappa shape index (κ3) is 2.60. The molecular weight excluding hydrogens is 215 g/mol. The number of nitrogens with zero attached hydrogens (tertiary/aromatic N) is 1. The van der Waals surface area contributed by atoms with Gasteiger partial charge in [-0.25, -0.2) is 4.79 Å². The number of hydrogen-bond donors (Lipinski definition) is 0. The number of likely N-dealkylation sites (tertiary alicyclic amines) is 1. The molecule has 7 heteroatoms. The maximum absolute atomic E-state index is 12.3. The molecule has 1 amide bonds. The first kappa shape index (κ1) is 11.8. The molecule has 1 heterocycles. The monoisotopic (exact) mass is 225 g/mol. The van der Waals surface area contributed by atoms with Gasteiger partial charge in [-0.1, -0.05) is 0 Å². The minimum absolute atomic E-state index is 0.0158. The molecule has 1 unspecified atom stereocenters. The average molecular weight is 225 g/mol. The Balaban J connectivity index is 2.73. The molecule has 1 fully saturated rings. The summed E-state index contributed by atoms with van der Waals surface area (Å²) in [5, 5.41) is 0. The van der Waals surface area contributed by atoms with Gasteiger partial charge < -0.3 is 9.64 Å². The first-order chi connectivity index (χ1) is 6.86. The number of hydrogen-bond acceptors (Lipinski definition) is 3. The summed E-state index contributed by atoms with van der Waals surface area (Å²) in [5.41, 5.74) is 0. The van der Waals surface area contributed by atoms with E-state index in [0.29, 0.717) is 0 Å². The molecule has 0 aromatic heterocycles. The molecule has 0 saturated carbocycles. The highest BCUT2D eigenvalue weighted by molar-refractivity contribution is 5.84. The number of Topliss-reactive ketones (excluding diaryl/α,β-unsaturated/α-hetero) is 1. The molecule has 1 aliphatic rings. The van der Waals surface area contributed by atoms with Crippen LogP contribution in [0.4, 0.5) is 18.0 Å². The number of methoxy groups -OCH3 is 1. The van der Waals surface area contributed by atoms with Gasteiger partial charge in [-0.2, -0.15) is 13.2 Å². The Morgan fingerprint density at radius 2 is 2.13 bits per heavy atom. The Morgan fingerprint density at radius 3 is 2.60 bits per heavy atom. The molecule has 0 N–H and O–H groups in total. The normalized spacial score (nSPS) is 22.8. The standard InChI is InChI=1S/C8H10F3NO3/c1-15-7(14)12-3-2-6(13)5(4-12)8(9,10)11/h5H,2-4H2,1H3. The smallest absolute Gasteiger partial charge is 0.409 e. The molecule has 4 nitrogen and oxygen atoms in total. The number of rotatable bonds is 0. The molecular formula is C8H10F3NO3. The predicted molar refractivity (Wildman–Crippen MR) is 43.1 cm³/mol. The van der Waals surface area contributed by atoms with Crippen LogP contribution in [0.3, 0.4) is 0 Å². The number of piperidine rings is 1. The molecule has 0 bridgehead atoms. The maximum atomic E-state index is 12.3. The number of amides is 1. The highest BCUT2D eigenvalue weighted by Crippen LogP contribution is 2.31. The molecule has 86 valence electrons. The second-order valence-electron chi connectivity index (χ2n) is 3.23. The van der Waals surface area contributed by atoms with Crippen LogP contribution in [0.15, 0.2) is 0 Å². The van der Waals surface area contributed by atoms with Crippen molar-refractivity contribution < 1.29 is 27.5 Å². The van der Waals surface area contributed by atoms with Crippen LogP contribution >= 0.6 is 0 Å². The topological polar surface area (TPSA) is 46.6 Å². The third-order valence-electron chi connectivity index (χ3n) is 2.25. The van der Waals surface area contributed by atoms with Crippen molar-refractivity contribution in [1.29, 1.82) is 0 Å². The van der Waals surface area contributed by atoms with E-state index < -0.39 is 30.5 Å². The molecule has 0 spiro atoms. The summed E-state index contributed by atoms with van der Waals surface area (Å²) in [4.78, 5) is 22.9. The Labute approximate surface area is 84.0 Å². The van der Waals surface area contributed by atoms with Crippen LogP contribution in [0.2, 0.25) is 0 Å². The first-order valence-corrected chi connectivity index (χ1v) is 4.28. The van der Waals surface area contributed by atoms with Gasteiger partial charge in [0.2, 0.25) is 0 Å². The molecule has 15 heavy (non-hydrogen) atoms. The minimum Gasteiger partial charge on any atom is -0.453 e. The van der Waals surface area contributed by atoms with E-state index in [2.05, 4.69) is 4.74 Å². The molecule has 1 atom stereocenters. The van der Waals surface area contributed by atoms with E-state index in [4.69, 9.17) is 0 Å². The van der Waals surface area contributed by atoms with Crippen molar-refractivity contribution in [3.63, 3.8) is 0 Å². The highest BCUT2D eigenvalue weighted by Gasteiger charge is 2.48. The van der Waals surface area contributed by atoms with Gasteiger partial charge in [0.1, 0.15) is 11.7 Å². The van der Waals surface area contributed by atoms with E-state index in [-0.39, 0.29) is 13.0 Å². The molecule has 0 radical (unpaired) electrons. The van der Waals surface area contributed by atoms with Crippen LogP contribution in [-0.2, 0) is 9.53 Å². The van der Waals surface area contributed by atoms with E-state index in [9.17, 15) is 22.8 Å². The van der Waals surface area contributed by atoms with E-state index >= 15 is 0 Å². The Morgan fingerprint density at radius 1 is 1.53 bits per heavy atom. The van der Waals surface area contributed by atoms with Gasteiger partial charge in [-0.05, 0) is 0 Å². The second kappa shape index (κ2) is 4.08. The molecule has 1 saturated heterocycles. The van der Waals surface area contributed by atoms with Crippen molar-refractivity contribution >= 4 is 11.9 Å². The quantitative estimate of drug-likeness (QED) is 0.622. The summed E-state index contributed by atoms with van der Waals surface area (Å²) in [6.45, 7) is -0.660. The first-order valence-electron chi connectivity index (χ1n) is 4.28. The maximum Gasteiger partial charge on any atom is 0.409 e. The van der Waals surface area contributed by atoms with Crippen molar-refractivity contribution in [2.75, 3.05) is 20.2 Å². The van der Waals surface area contributed by atoms with Gasteiger partial charge in [0.15, 0.2) is 0 Å². The number of halogens is 3. The summed E-state index contributed by atoms with van der Waals surface area (Å²) in [6.07, 6.45) is -5.71. The average Bonchev–Trinajstić information content (AvgIpc) is 2.15. The highest BCUT2D eigenvalue weighted by atomic mass is 19.4. The van der Waals surface area contributed by atoms with Gasteiger partial charge in [-0.15, -0.1) is 0 Å². The zero-order valence-electron chi connectivity index (χ0n) is 8.00. The molecule has 1 rings (SSSR count). The van der Waals surface area contributed by atoms with E-state index in [1.54, 1.807) is 0 Å². The van der Waals surface area contributed by atoms with Gasteiger partial charge in [0.25, 0.3) is 0 Å². The van der Waals surface area contributed by atoms with Crippen molar-refractivity contribution in [2.45, 2.75) is 12.6 Å². The van der Waals surface area contributed by atoms with Crippen molar-refractivity contribution in [3.8, 4) is 0 Å². The van der Waals surface area contributed by atoms with Gasteiger partial charge in [0, 0.05) is 19.5 Å². The fourth-order valence-electron chi connectivity index (χ4n) is 1.41. The van der Waals surface area contributed by atoms with E-state index in [1.807, 2.05) is 0 Å². The number of carbonyl (C=O) groups excluding carboxylic acids is 2. The van der Waals surface area contributed by atoms with Crippen molar-refractivity contribution in [3.05, 3.63) is 0 Å². The fraction of sp³-hybridized carbons (Fsp3) is 0.750. The van der Waals surface area contributed by atoms with Crippen LogP contribution in [-0.4, -0.2) is 43.2 Å². The zero-order chi connectivity index (χ0) is 11.6. The summed E-state index contributed by atoms with van der Waals surface area (Å²) >= 11 is 0. The predicted octanol–water partition coefficient (Wildman–Crippen LogP) is 1.21. The molecule has 0 aromatic carbocycles. The second-order valence-corrected chi connectivity index (χ2v) is 3.23. The third-order valence-corrected chi connectivity index (χ3v) is 2.25. The Kier molecular flexibility index (Phi) is 3.21. The summed E-state index contributed by atoms with van der Waals surface area (Å²) in [6, 6.07) is 0. The van der Waals surface area contributed by atoms with Crippen LogP contribution in [0.5, 0.6) is 0 Å². The van der Waals surface area contributed by atoms with E-state index in [1.165, 1.54) is 0 Å². The summed E-state index contributed by atoms with van der Waals surface area (Å²) in [5.74, 6) is -2.95. The minimum atomic E-state index is -4.59. The lowest BCUT2D eigenvalue weighted by Crippen LogP contribution is -2.49. The zero-order valence-corrected chi connectivity index (χ0v) is 8.00. The van der Waals surface area contributed by atoms with Crippen LogP contribution < -0.4 is 0 Å². The molecule has 1 aliphatic heterocycles. The van der Waals surface area contributed by atoms with Crippen LogP contribution in [0, 0.1) is 5.92 Å². The fourth-order valence-corrected chi connectivity index (χ4v) is 1.41. The Bertz CT molecular complexity index is 277. The van der Waals surface area contributed by atoms with Crippen LogP contribution in [0.25, 0.3) is 0 Å². The summed E-state index contributed by atoms with van der Waals surface area (Å²) in [7, 11) is 1.08. The lowest BCUT2D eigenvalue weighted by molar-refractivity contribution is -0.187. The van der Waals surface area contributed by atoms with Crippen LogP contribution in [0.1, 0.15) is 6.42 Å². The SMILES string of the molecule is COC(=O)N1CCC(=O)C(C(F)(F)F)C1. The van der Waals surface area contributed by atoms with Crippen molar-refractivity contribution in [2.24, 2.45) is 5.92 Å². The number of ether oxygens (including phenoxy) is 1. The largest absolute Gasteiger partial charge is 0.453 e. The molecule has 0 aromatic rings. The lowest BCUT2D eigenvalue weighted by atomic mass is 9.96. The van der Waals surface area contributed by atoms with Gasteiger partial charge >= 0.3 is 12.3 Å². The summed E-state index contributed by atoms with van der Waals surface area (Å²) < 4.78 is 41.3. The van der Waals surface area contributed by atoms with Crippen molar-refractivity contribution in [1.82, 2.24) is 4.90 Å². The lowest BCUT2D eigenvalue weighted by Gasteiger charge is -2.31. The Hall–Kier alpha value is -1.27. The number of alkyl halides is 3. The van der Waals surface area contributed by atoms with E-state index in [0.717, 1.165) is 12.0 Å². The van der Waals surface area contributed by atoms with Gasteiger partial charge in [0.05, 0.1) is 7.11 Å². The number of ketones is 1. The van der Waals surface area contributed by atoms with Gasteiger partial charge in [-0.3, -0.25) is 4.79 Å².